The predicted octanol–water partition coefficient (Wildman–Crippen LogP) is -0.0968. The Morgan fingerprint density at radius 1 is 1.55 bits per heavy atom. The quantitative estimate of drug-likeness (QED) is 0.655. The summed E-state index contributed by atoms with van der Waals surface area (Å²) in [5.41, 5.74) is 0. The summed E-state index contributed by atoms with van der Waals surface area (Å²) in [4.78, 5) is 10.9. The number of carbonyl (C=O) groups is 1. The molecule has 1 N–H and O–H groups in total. The average Bonchev–Trinajstić information content (AvgIpc) is 2.01. The number of nitrogens with one attached hydrogen (secondary N) is 1. The van der Waals surface area contributed by atoms with Gasteiger partial charge < -0.3 is 0 Å². The smallest absolute Gasteiger partial charge is 0.221 e. The molecule has 66 valence electrons. The van der Waals surface area contributed by atoms with Crippen LogP contribution >= 0.6 is 0 Å². The first-order valence-corrected chi connectivity index (χ1v) is 4.95. The van der Waals surface area contributed by atoms with Crippen LogP contribution in [0.25, 0.3) is 0 Å². The first kappa shape index (κ1) is 10.6. The zero-order chi connectivity index (χ0) is 9.07. The number of carbonyl (C=O) groups excluding carboxylic acids is 1. The van der Waals surface area contributed by atoms with Crippen LogP contribution in [0.1, 0.15) is 20.3 Å². The van der Waals surface area contributed by atoms with E-state index in [-0.39, 0.29) is 12.2 Å². The zero-order valence-electron chi connectivity index (χ0n) is 6.92. The van der Waals surface area contributed by atoms with E-state index in [2.05, 4.69) is 4.72 Å². The second kappa shape index (κ2) is 3.82. The highest BCUT2D eigenvalue weighted by molar-refractivity contribution is 7.90. The van der Waals surface area contributed by atoms with Gasteiger partial charge in [-0.05, 0) is 14.0 Å². The van der Waals surface area contributed by atoms with Gasteiger partial charge in [-0.25, -0.2) is 13.1 Å². The summed E-state index contributed by atoms with van der Waals surface area (Å²) in [6.07, 6.45) is 0.252. The number of Topliss-reactive ketones (excluding diaryl/α,β-unsaturated/α-hetero) is 1. The van der Waals surface area contributed by atoms with E-state index in [1.165, 1.54) is 14.0 Å². The lowest BCUT2D eigenvalue weighted by molar-refractivity contribution is -0.118. The molecule has 0 saturated heterocycles. The molecule has 0 aliphatic heterocycles. The molecule has 1 atom stereocenters. The van der Waals surface area contributed by atoms with Gasteiger partial charge in [-0.15, -0.1) is 0 Å². The highest BCUT2D eigenvalue weighted by atomic mass is 32.2. The number of rotatable bonds is 4. The molecule has 0 aromatic carbocycles. The molecule has 11 heavy (non-hydrogen) atoms. The second-order valence-corrected chi connectivity index (χ2v) is 4.42. The van der Waals surface area contributed by atoms with Crippen molar-refractivity contribution in [1.29, 1.82) is 0 Å². The lowest BCUT2D eigenvalue weighted by Crippen LogP contribution is -2.35. The van der Waals surface area contributed by atoms with Crippen molar-refractivity contribution >= 4 is 15.8 Å². The summed E-state index contributed by atoms with van der Waals surface area (Å²) in [5, 5.41) is -0.933. The molecule has 0 radical (unpaired) electrons. The molecule has 0 bridgehead atoms. The summed E-state index contributed by atoms with van der Waals surface area (Å²) in [6.45, 7) is 3.03. The normalized spacial score (nSPS) is 14.5. The summed E-state index contributed by atoms with van der Waals surface area (Å²) < 4.78 is 24.0. The van der Waals surface area contributed by atoms with Crippen molar-refractivity contribution in [3.05, 3.63) is 0 Å². The van der Waals surface area contributed by atoms with Gasteiger partial charge in [0, 0.05) is 6.42 Å². The minimum absolute atomic E-state index is 0.252. The Morgan fingerprint density at radius 2 is 2.00 bits per heavy atom. The van der Waals surface area contributed by atoms with Crippen molar-refractivity contribution in [3.8, 4) is 0 Å². The predicted molar refractivity (Wildman–Crippen MR) is 42.7 cm³/mol. The molecule has 0 aliphatic carbocycles. The second-order valence-electron chi connectivity index (χ2n) is 2.21. The Morgan fingerprint density at radius 3 is 2.27 bits per heavy atom. The van der Waals surface area contributed by atoms with Gasteiger partial charge in [0.25, 0.3) is 0 Å². The van der Waals surface area contributed by atoms with Crippen LogP contribution in [0.4, 0.5) is 0 Å². The molecule has 0 aliphatic rings. The van der Waals surface area contributed by atoms with Crippen LogP contribution in [0.15, 0.2) is 0 Å². The van der Waals surface area contributed by atoms with Crippen molar-refractivity contribution in [2.24, 2.45) is 0 Å². The third-order valence-electron chi connectivity index (χ3n) is 1.55. The standard InChI is InChI=1S/C6H13NO3S/c1-4-6(8)5(2)11(9,10)7-3/h5,7H,4H2,1-3H3. The first-order valence-electron chi connectivity index (χ1n) is 3.40. The van der Waals surface area contributed by atoms with Crippen LogP contribution in [-0.2, 0) is 14.8 Å². The van der Waals surface area contributed by atoms with Gasteiger partial charge in [0.05, 0.1) is 0 Å². The highest BCUT2D eigenvalue weighted by Gasteiger charge is 2.24. The molecule has 5 heteroatoms. The van der Waals surface area contributed by atoms with Crippen molar-refractivity contribution in [2.45, 2.75) is 25.5 Å². The third-order valence-corrected chi connectivity index (χ3v) is 3.31. The highest BCUT2D eigenvalue weighted by Crippen LogP contribution is 2.00. The number of ketones is 1. The Balaban J connectivity index is 4.49. The maximum Gasteiger partial charge on any atom is 0.221 e. The number of hydrogen-bond donors (Lipinski definition) is 1. The first-order chi connectivity index (χ1) is 4.95. The average molecular weight is 179 g/mol. The topological polar surface area (TPSA) is 63.2 Å². The molecule has 0 heterocycles. The molecule has 0 amide bonds. The Bertz CT molecular complexity index is 232. The number of sulfonamides is 1. The van der Waals surface area contributed by atoms with E-state index in [0.29, 0.717) is 0 Å². The fraction of sp³-hybridized carbons (Fsp3) is 0.833. The van der Waals surface area contributed by atoms with E-state index in [1.54, 1.807) is 6.92 Å². The minimum Gasteiger partial charge on any atom is -0.298 e. The van der Waals surface area contributed by atoms with Gasteiger partial charge in [-0.2, -0.15) is 0 Å². The molecule has 0 saturated carbocycles. The van der Waals surface area contributed by atoms with E-state index in [0.717, 1.165) is 0 Å². The van der Waals surface area contributed by atoms with Gasteiger partial charge in [0.1, 0.15) is 5.25 Å². The van der Waals surface area contributed by atoms with Crippen LogP contribution in [0, 0.1) is 0 Å². The van der Waals surface area contributed by atoms with Crippen molar-refractivity contribution in [2.75, 3.05) is 7.05 Å². The van der Waals surface area contributed by atoms with Gasteiger partial charge in [0.15, 0.2) is 5.78 Å². The summed E-state index contributed by atoms with van der Waals surface area (Å²) in [5.74, 6) is -0.264. The molecule has 0 rings (SSSR count). The molecule has 4 nitrogen and oxygen atoms in total. The SMILES string of the molecule is CCC(=O)C(C)S(=O)(=O)NC. The summed E-state index contributed by atoms with van der Waals surface area (Å²) >= 11 is 0. The maximum atomic E-state index is 11.0. The van der Waals surface area contributed by atoms with Gasteiger partial charge in [0.2, 0.25) is 10.0 Å². The van der Waals surface area contributed by atoms with Crippen molar-refractivity contribution in [1.82, 2.24) is 4.72 Å². The van der Waals surface area contributed by atoms with E-state index in [1.807, 2.05) is 0 Å². The fourth-order valence-electron chi connectivity index (χ4n) is 0.637. The molecule has 1 unspecified atom stereocenters. The minimum atomic E-state index is -3.41. The molecule has 0 fully saturated rings. The maximum absolute atomic E-state index is 11.0. The lowest BCUT2D eigenvalue weighted by Gasteiger charge is -2.08. The van der Waals surface area contributed by atoms with E-state index in [9.17, 15) is 13.2 Å². The largest absolute Gasteiger partial charge is 0.298 e. The van der Waals surface area contributed by atoms with Crippen molar-refractivity contribution < 1.29 is 13.2 Å². The molecule has 0 aromatic heterocycles. The van der Waals surface area contributed by atoms with Crippen LogP contribution in [0.2, 0.25) is 0 Å². The van der Waals surface area contributed by atoms with E-state index < -0.39 is 15.3 Å². The third kappa shape index (κ3) is 2.59. The van der Waals surface area contributed by atoms with E-state index in [4.69, 9.17) is 0 Å². The van der Waals surface area contributed by atoms with Gasteiger partial charge >= 0.3 is 0 Å². The van der Waals surface area contributed by atoms with Gasteiger partial charge in [-0.1, -0.05) is 6.92 Å². The molecular weight excluding hydrogens is 166 g/mol. The fourth-order valence-corrected chi connectivity index (χ4v) is 1.50. The zero-order valence-corrected chi connectivity index (χ0v) is 7.73. The monoisotopic (exact) mass is 179 g/mol. The van der Waals surface area contributed by atoms with Crippen LogP contribution < -0.4 is 4.72 Å². The van der Waals surface area contributed by atoms with E-state index >= 15 is 0 Å². The van der Waals surface area contributed by atoms with Crippen LogP contribution in [0.3, 0.4) is 0 Å². The molecule has 0 aromatic rings. The van der Waals surface area contributed by atoms with Crippen LogP contribution in [0.5, 0.6) is 0 Å². The summed E-state index contributed by atoms with van der Waals surface area (Å²) in [7, 11) is -2.11. The van der Waals surface area contributed by atoms with Gasteiger partial charge in [-0.3, -0.25) is 4.79 Å². The lowest BCUT2D eigenvalue weighted by atomic mass is 10.2. The molecule has 0 spiro atoms. The molecular formula is C6H13NO3S. The van der Waals surface area contributed by atoms with Crippen molar-refractivity contribution in [3.63, 3.8) is 0 Å². The van der Waals surface area contributed by atoms with Crippen LogP contribution in [-0.4, -0.2) is 26.5 Å². The Hall–Kier alpha value is -0.420. The Labute approximate surface area is 67.0 Å². The Kier molecular flexibility index (Phi) is 3.68. The summed E-state index contributed by atoms with van der Waals surface area (Å²) in [6, 6.07) is 0. The number of hydrogen-bond acceptors (Lipinski definition) is 3.